The molecule has 6 heteroatoms. The summed E-state index contributed by atoms with van der Waals surface area (Å²) in [5.74, 6) is -0.251. The third-order valence-corrected chi connectivity index (χ3v) is 4.93. The van der Waals surface area contributed by atoms with Gasteiger partial charge in [-0.2, -0.15) is 0 Å². The van der Waals surface area contributed by atoms with Crippen LogP contribution in [0.2, 0.25) is 0 Å². The quantitative estimate of drug-likeness (QED) is 0.784. The Bertz CT molecular complexity index is 863. The molecule has 128 valence electrons. The molecule has 0 bridgehead atoms. The van der Waals surface area contributed by atoms with Crippen LogP contribution < -0.4 is 10.2 Å². The van der Waals surface area contributed by atoms with Gasteiger partial charge in [-0.3, -0.25) is 14.4 Å². The van der Waals surface area contributed by atoms with E-state index in [2.05, 4.69) is 21.2 Å². The monoisotopic (exact) mass is 400 g/mol. The molecule has 0 saturated heterocycles. The van der Waals surface area contributed by atoms with Gasteiger partial charge >= 0.3 is 0 Å². The maximum atomic E-state index is 12.3. The molecule has 0 fully saturated rings. The average Bonchev–Trinajstić information content (AvgIpc) is 2.89. The number of likely N-dealkylation sites (N-methyl/N-ethyl adjacent to an activating group) is 1. The largest absolute Gasteiger partial charge is 0.352 e. The Labute approximate surface area is 154 Å². The smallest absolute Gasteiger partial charge is 0.252 e. The summed E-state index contributed by atoms with van der Waals surface area (Å²) in [7, 11) is 1.73. The van der Waals surface area contributed by atoms with Crippen molar-refractivity contribution < 1.29 is 14.4 Å². The molecule has 0 aromatic heterocycles. The number of hydrogen-bond acceptors (Lipinski definition) is 3. The summed E-state index contributed by atoms with van der Waals surface area (Å²) < 4.78 is 0.714. The van der Waals surface area contributed by atoms with E-state index in [-0.39, 0.29) is 30.6 Å². The molecule has 2 aromatic rings. The number of carbonyl (C=O) groups excluding carboxylic acids is 3. The van der Waals surface area contributed by atoms with Gasteiger partial charge in [0.25, 0.3) is 5.91 Å². The van der Waals surface area contributed by atoms with Gasteiger partial charge in [-0.05, 0) is 51.8 Å². The third-order valence-electron chi connectivity index (χ3n) is 4.23. The fourth-order valence-corrected chi connectivity index (χ4v) is 3.28. The number of benzene rings is 2. The minimum absolute atomic E-state index is 0.0281. The van der Waals surface area contributed by atoms with E-state index >= 15 is 0 Å². The third kappa shape index (κ3) is 3.64. The topological polar surface area (TPSA) is 66.5 Å². The van der Waals surface area contributed by atoms with E-state index in [1.165, 1.54) is 0 Å². The zero-order chi connectivity index (χ0) is 18.0. The van der Waals surface area contributed by atoms with Crippen LogP contribution in [-0.2, 0) is 11.2 Å². The number of halogens is 1. The van der Waals surface area contributed by atoms with Crippen molar-refractivity contribution in [1.29, 1.82) is 0 Å². The molecular weight excluding hydrogens is 384 g/mol. The lowest BCUT2D eigenvalue weighted by molar-refractivity contribution is -0.117. The number of hydrogen-bond donors (Lipinski definition) is 1. The second-order valence-electron chi connectivity index (χ2n) is 5.88. The van der Waals surface area contributed by atoms with E-state index in [9.17, 15) is 14.4 Å². The highest BCUT2D eigenvalue weighted by Crippen LogP contribution is 2.28. The minimum Gasteiger partial charge on any atom is -0.352 e. The molecule has 1 heterocycles. The molecule has 1 N–H and O–H groups in total. The standard InChI is InChI=1S/C19H17BrN2O3/c1-22-16-7-6-12(10-13(16)11-18(22)24)17(23)8-9-21-19(25)14-4-2-3-5-15(14)20/h2-7,10H,8-9,11H2,1H3,(H,21,25). The second kappa shape index (κ2) is 7.19. The maximum Gasteiger partial charge on any atom is 0.252 e. The molecule has 2 amide bonds. The number of nitrogens with zero attached hydrogens (tertiary/aromatic N) is 1. The molecule has 0 spiro atoms. The Kier molecular flexibility index (Phi) is 4.99. The zero-order valence-corrected chi connectivity index (χ0v) is 15.3. The Balaban J connectivity index is 1.59. The van der Waals surface area contributed by atoms with Crippen LogP contribution in [0.15, 0.2) is 46.9 Å². The predicted octanol–water partition coefficient (Wildman–Crippen LogP) is 2.97. The SMILES string of the molecule is CN1C(=O)Cc2cc(C(=O)CCNC(=O)c3ccccc3Br)ccc21. The highest BCUT2D eigenvalue weighted by atomic mass is 79.9. The molecule has 0 atom stereocenters. The normalized spacial score (nSPS) is 12.9. The average molecular weight is 401 g/mol. The van der Waals surface area contributed by atoms with Crippen LogP contribution in [0.25, 0.3) is 0 Å². The van der Waals surface area contributed by atoms with Crippen molar-refractivity contribution in [3.63, 3.8) is 0 Å². The number of Topliss-reactive ketones (excluding diaryl/α,β-unsaturated/α-hetero) is 1. The van der Waals surface area contributed by atoms with E-state index in [1.807, 2.05) is 6.07 Å². The van der Waals surface area contributed by atoms with Gasteiger partial charge in [0.15, 0.2) is 5.78 Å². The van der Waals surface area contributed by atoms with Crippen LogP contribution in [0, 0.1) is 0 Å². The summed E-state index contributed by atoms with van der Waals surface area (Å²) in [4.78, 5) is 37.8. The highest BCUT2D eigenvalue weighted by molar-refractivity contribution is 9.10. The second-order valence-corrected chi connectivity index (χ2v) is 6.74. The van der Waals surface area contributed by atoms with Crippen LogP contribution in [0.5, 0.6) is 0 Å². The summed E-state index contributed by atoms with van der Waals surface area (Å²) in [6.07, 6.45) is 0.532. The van der Waals surface area contributed by atoms with Gasteiger partial charge in [-0.15, -0.1) is 0 Å². The molecule has 0 unspecified atom stereocenters. The number of rotatable bonds is 5. The molecule has 0 saturated carbocycles. The molecule has 1 aliphatic heterocycles. The Morgan fingerprint density at radius 3 is 2.72 bits per heavy atom. The zero-order valence-electron chi connectivity index (χ0n) is 13.7. The van der Waals surface area contributed by atoms with E-state index in [4.69, 9.17) is 0 Å². The fourth-order valence-electron chi connectivity index (χ4n) is 2.82. The van der Waals surface area contributed by atoms with E-state index in [0.717, 1.165) is 11.3 Å². The highest BCUT2D eigenvalue weighted by Gasteiger charge is 2.24. The first-order valence-corrected chi connectivity index (χ1v) is 8.72. The van der Waals surface area contributed by atoms with Gasteiger partial charge in [0.1, 0.15) is 0 Å². The van der Waals surface area contributed by atoms with Gasteiger partial charge in [0.05, 0.1) is 12.0 Å². The van der Waals surface area contributed by atoms with Gasteiger partial charge in [-0.25, -0.2) is 0 Å². The van der Waals surface area contributed by atoms with Crippen molar-refractivity contribution in [2.45, 2.75) is 12.8 Å². The summed E-state index contributed by atoms with van der Waals surface area (Å²) in [6, 6.07) is 12.4. The van der Waals surface area contributed by atoms with Gasteiger partial charge < -0.3 is 10.2 Å². The molecule has 5 nitrogen and oxygen atoms in total. The van der Waals surface area contributed by atoms with Crippen LogP contribution in [0.4, 0.5) is 5.69 Å². The number of anilines is 1. The first-order chi connectivity index (χ1) is 12.0. The minimum atomic E-state index is -0.221. The summed E-state index contributed by atoms with van der Waals surface area (Å²) >= 11 is 3.33. The molecule has 0 radical (unpaired) electrons. The first-order valence-electron chi connectivity index (χ1n) is 7.93. The van der Waals surface area contributed by atoms with Crippen molar-refractivity contribution in [3.8, 4) is 0 Å². The van der Waals surface area contributed by atoms with Crippen molar-refractivity contribution >= 4 is 39.2 Å². The lowest BCUT2D eigenvalue weighted by Gasteiger charge is -2.10. The van der Waals surface area contributed by atoms with Gasteiger partial charge in [0, 0.05) is 35.7 Å². The molecule has 2 aromatic carbocycles. The van der Waals surface area contributed by atoms with Gasteiger partial charge in [-0.1, -0.05) is 12.1 Å². The molecule has 0 aliphatic carbocycles. The summed E-state index contributed by atoms with van der Waals surface area (Å²) in [6.45, 7) is 0.259. The molecular formula is C19H17BrN2O3. The van der Waals surface area contributed by atoms with Crippen LogP contribution in [0.3, 0.4) is 0 Å². The van der Waals surface area contributed by atoms with Crippen molar-refractivity contribution in [3.05, 3.63) is 63.6 Å². The number of nitrogens with one attached hydrogen (secondary N) is 1. The fraction of sp³-hybridized carbons (Fsp3) is 0.211. The van der Waals surface area contributed by atoms with E-state index in [1.54, 1.807) is 48.3 Å². The molecule has 1 aliphatic rings. The number of carbonyl (C=O) groups is 3. The van der Waals surface area contributed by atoms with E-state index < -0.39 is 0 Å². The Morgan fingerprint density at radius 1 is 1.20 bits per heavy atom. The number of ketones is 1. The summed E-state index contributed by atoms with van der Waals surface area (Å²) in [5.41, 5.74) is 2.82. The van der Waals surface area contributed by atoms with E-state index in [0.29, 0.717) is 22.0 Å². The number of amides is 2. The Hall–Kier alpha value is -2.47. The lowest BCUT2D eigenvalue weighted by Crippen LogP contribution is -2.26. The molecule has 25 heavy (non-hydrogen) atoms. The van der Waals surface area contributed by atoms with Crippen molar-refractivity contribution in [1.82, 2.24) is 5.32 Å². The van der Waals surface area contributed by atoms with Crippen LogP contribution in [-0.4, -0.2) is 31.2 Å². The van der Waals surface area contributed by atoms with Crippen LogP contribution >= 0.6 is 15.9 Å². The van der Waals surface area contributed by atoms with Crippen molar-refractivity contribution in [2.75, 3.05) is 18.5 Å². The van der Waals surface area contributed by atoms with Crippen LogP contribution in [0.1, 0.15) is 32.7 Å². The molecule has 3 rings (SSSR count). The Morgan fingerprint density at radius 2 is 1.96 bits per heavy atom. The lowest BCUT2D eigenvalue weighted by atomic mass is 10.0. The predicted molar refractivity (Wildman–Crippen MR) is 99.0 cm³/mol. The number of fused-ring (bicyclic) bond motifs is 1. The maximum absolute atomic E-state index is 12.3. The first kappa shape index (κ1) is 17.4. The van der Waals surface area contributed by atoms with Gasteiger partial charge in [0.2, 0.25) is 5.91 Å². The summed E-state index contributed by atoms with van der Waals surface area (Å²) in [5, 5.41) is 2.75. The van der Waals surface area contributed by atoms with Crippen molar-refractivity contribution in [2.24, 2.45) is 0 Å².